The fraction of sp³-hybridized carbons (Fsp3) is 0. The Morgan fingerprint density at radius 1 is 1.57 bits per heavy atom. The molecule has 72 valence electrons. The van der Waals surface area contributed by atoms with E-state index < -0.39 is 4.92 Å². The Morgan fingerprint density at radius 2 is 2.29 bits per heavy atom. The van der Waals surface area contributed by atoms with Crippen molar-refractivity contribution in [2.45, 2.75) is 4.90 Å². The summed E-state index contributed by atoms with van der Waals surface area (Å²) in [6, 6.07) is 3.90. The van der Waals surface area contributed by atoms with E-state index in [0.717, 1.165) is 11.9 Å². The van der Waals surface area contributed by atoms with Crippen LogP contribution in [0.1, 0.15) is 0 Å². The zero-order valence-electron chi connectivity index (χ0n) is 6.64. The van der Waals surface area contributed by atoms with E-state index in [9.17, 15) is 14.9 Å². The Balaban J connectivity index is 3.07. The molecular weight excluding hydrogens is 228 g/mol. The first-order valence-corrected chi connectivity index (χ1v) is 4.48. The molecule has 0 aliphatic rings. The molecule has 0 bridgehead atoms. The van der Waals surface area contributed by atoms with Crippen molar-refractivity contribution < 1.29 is 9.72 Å². The number of non-ortho nitro benzene ring substituents is 1. The molecule has 0 unspecified atom stereocenters. The van der Waals surface area contributed by atoms with Crippen LogP contribution in [0.2, 0.25) is 5.02 Å². The molecule has 0 aliphatic heterocycles. The predicted molar refractivity (Wildman–Crippen MR) is 52.1 cm³/mol. The molecule has 0 saturated carbocycles. The van der Waals surface area contributed by atoms with Crippen molar-refractivity contribution in [3.05, 3.63) is 33.3 Å². The van der Waals surface area contributed by atoms with Crippen LogP contribution in [0.3, 0.4) is 0 Å². The molecule has 0 atom stereocenters. The van der Waals surface area contributed by atoms with Crippen LogP contribution in [0.15, 0.2) is 27.5 Å². The van der Waals surface area contributed by atoms with E-state index in [2.05, 4.69) is 4.40 Å². The second-order valence-electron chi connectivity index (χ2n) is 2.15. The Labute approximate surface area is 88.1 Å². The zero-order chi connectivity index (χ0) is 10.6. The first-order valence-electron chi connectivity index (χ1n) is 3.33. The summed E-state index contributed by atoms with van der Waals surface area (Å²) in [5.41, 5.74) is -0.0991. The van der Waals surface area contributed by atoms with E-state index in [0.29, 0.717) is 9.92 Å². The average Bonchev–Trinajstić information content (AvgIpc) is 2.16. The van der Waals surface area contributed by atoms with Gasteiger partial charge >= 0.3 is 0 Å². The van der Waals surface area contributed by atoms with E-state index in [4.69, 9.17) is 11.6 Å². The maximum atomic E-state index is 10.4. The van der Waals surface area contributed by atoms with Gasteiger partial charge in [0, 0.05) is 24.1 Å². The summed E-state index contributed by atoms with van der Waals surface area (Å²) in [4.78, 5) is 20.0. The second kappa shape index (κ2) is 4.76. The quantitative estimate of drug-likeness (QED) is 0.263. The van der Waals surface area contributed by atoms with Crippen molar-refractivity contribution in [2.24, 2.45) is 4.40 Å². The normalized spacial score (nSPS) is 9.21. The molecule has 5 nitrogen and oxygen atoms in total. The number of carbonyl (C=O) groups excluding carboxylic acids is 1. The lowest BCUT2D eigenvalue weighted by Crippen LogP contribution is -1.87. The predicted octanol–water partition coefficient (Wildman–Crippen LogP) is 2.59. The van der Waals surface area contributed by atoms with Crippen LogP contribution in [0.4, 0.5) is 5.69 Å². The van der Waals surface area contributed by atoms with E-state index in [-0.39, 0.29) is 5.69 Å². The molecule has 1 aromatic carbocycles. The molecule has 14 heavy (non-hydrogen) atoms. The molecule has 1 aromatic rings. The Kier molecular flexibility index (Phi) is 3.64. The third kappa shape index (κ3) is 2.56. The summed E-state index contributed by atoms with van der Waals surface area (Å²) in [5, 5.41) is 10.7. The van der Waals surface area contributed by atoms with Gasteiger partial charge in [-0.15, -0.1) is 4.40 Å². The average molecular weight is 231 g/mol. The van der Waals surface area contributed by atoms with Gasteiger partial charge in [0.25, 0.3) is 5.69 Å². The van der Waals surface area contributed by atoms with Crippen LogP contribution in [-0.2, 0) is 4.79 Å². The number of nitro groups is 1. The van der Waals surface area contributed by atoms with Gasteiger partial charge < -0.3 is 0 Å². The molecule has 0 heterocycles. The summed E-state index contributed by atoms with van der Waals surface area (Å²) in [7, 11) is 0. The molecule has 0 N–H and O–H groups in total. The third-order valence-electron chi connectivity index (χ3n) is 1.31. The first-order chi connectivity index (χ1) is 6.65. The second-order valence-corrected chi connectivity index (χ2v) is 3.36. The van der Waals surface area contributed by atoms with Crippen LogP contribution >= 0.6 is 23.5 Å². The number of benzene rings is 1. The molecule has 0 aromatic heterocycles. The molecule has 0 aliphatic carbocycles. The van der Waals surface area contributed by atoms with E-state index in [1.165, 1.54) is 24.3 Å². The molecule has 0 amide bonds. The van der Waals surface area contributed by atoms with Crippen LogP contribution in [0.5, 0.6) is 0 Å². The topological polar surface area (TPSA) is 72.6 Å². The van der Waals surface area contributed by atoms with E-state index >= 15 is 0 Å². The lowest BCUT2D eigenvalue weighted by Gasteiger charge is -1.97. The minimum Gasteiger partial charge on any atom is -0.258 e. The van der Waals surface area contributed by atoms with Gasteiger partial charge in [0.15, 0.2) is 0 Å². The highest BCUT2D eigenvalue weighted by Crippen LogP contribution is 2.30. The monoisotopic (exact) mass is 230 g/mol. The Hall–Kier alpha value is -1.36. The molecule has 0 saturated heterocycles. The molecular formula is C7H3ClN2O3S. The van der Waals surface area contributed by atoms with Crippen molar-refractivity contribution in [1.82, 2.24) is 0 Å². The number of nitrogens with zero attached hydrogens (tertiary/aromatic N) is 2. The van der Waals surface area contributed by atoms with Crippen molar-refractivity contribution >= 4 is 35.3 Å². The van der Waals surface area contributed by atoms with Gasteiger partial charge in [0.05, 0.1) is 14.8 Å². The minimum atomic E-state index is -0.551. The van der Waals surface area contributed by atoms with Gasteiger partial charge in [-0.2, -0.15) is 0 Å². The van der Waals surface area contributed by atoms with Crippen LogP contribution < -0.4 is 0 Å². The number of hydrogen-bond acceptors (Lipinski definition) is 5. The maximum absolute atomic E-state index is 10.4. The summed E-state index contributed by atoms with van der Waals surface area (Å²) in [6.07, 6.45) is 1.30. The number of rotatable bonds is 3. The number of hydrogen-bond donors (Lipinski definition) is 0. The molecule has 0 spiro atoms. The summed E-state index contributed by atoms with van der Waals surface area (Å²) in [6.45, 7) is 0. The highest BCUT2D eigenvalue weighted by atomic mass is 35.5. The van der Waals surface area contributed by atoms with Crippen molar-refractivity contribution in [3.8, 4) is 0 Å². The first kappa shape index (κ1) is 10.7. The fourth-order valence-electron chi connectivity index (χ4n) is 0.743. The van der Waals surface area contributed by atoms with Crippen LogP contribution in [-0.4, -0.2) is 11.0 Å². The fourth-order valence-corrected chi connectivity index (χ4v) is 1.43. The van der Waals surface area contributed by atoms with Gasteiger partial charge in [-0.25, -0.2) is 4.79 Å². The maximum Gasteiger partial charge on any atom is 0.270 e. The Bertz CT molecular complexity index is 417. The lowest BCUT2D eigenvalue weighted by molar-refractivity contribution is -0.385. The van der Waals surface area contributed by atoms with Gasteiger partial charge in [-0.1, -0.05) is 11.6 Å². The lowest BCUT2D eigenvalue weighted by atomic mass is 10.3. The number of halogens is 1. The van der Waals surface area contributed by atoms with Crippen molar-refractivity contribution in [3.63, 3.8) is 0 Å². The molecule has 0 radical (unpaired) electrons. The highest BCUT2D eigenvalue weighted by Gasteiger charge is 2.09. The van der Waals surface area contributed by atoms with E-state index in [1.807, 2.05) is 0 Å². The van der Waals surface area contributed by atoms with Gasteiger partial charge in [0.2, 0.25) is 6.08 Å². The summed E-state index contributed by atoms with van der Waals surface area (Å²) >= 11 is 6.45. The smallest absolute Gasteiger partial charge is 0.258 e. The number of nitro benzene ring substituents is 1. The SMILES string of the molecule is O=C=NSc1cc([N+](=O)[O-])ccc1Cl. The van der Waals surface area contributed by atoms with Gasteiger partial charge in [-0.3, -0.25) is 10.1 Å². The standard InChI is InChI=1S/C7H3ClN2O3S/c8-6-2-1-5(10(12)13)3-7(6)14-9-4-11/h1-3H. The third-order valence-corrected chi connectivity index (χ3v) is 2.45. The zero-order valence-corrected chi connectivity index (χ0v) is 8.21. The Morgan fingerprint density at radius 3 is 2.86 bits per heavy atom. The summed E-state index contributed by atoms with van der Waals surface area (Å²) in [5.74, 6) is 0. The molecule has 0 fully saturated rings. The molecule has 1 rings (SSSR count). The minimum absolute atomic E-state index is 0.0991. The number of isocyanates is 1. The summed E-state index contributed by atoms with van der Waals surface area (Å²) < 4.78 is 3.21. The van der Waals surface area contributed by atoms with Crippen LogP contribution in [0.25, 0.3) is 0 Å². The van der Waals surface area contributed by atoms with Gasteiger partial charge in [-0.05, 0) is 6.07 Å². The van der Waals surface area contributed by atoms with Crippen LogP contribution in [0, 0.1) is 10.1 Å². The highest BCUT2D eigenvalue weighted by molar-refractivity contribution is 7.98. The largest absolute Gasteiger partial charge is 0.270 e. The molecule has 7 heteroatoms. The van der Waals surface area contributed by atoms with Gasteiger partial charge in [0.1, 0.15) is 0 Å². The van der Waals surface area contributed by atoms with Crippen molar-refractivity contribution in [1.29, 1.82) is 0 Å². The van der Waals surface area contributed by atoms with E-state index in [1.54, 1.807) is 0 Å². The van der Waals surface area contributed by atoms with Crippen molar-refractivity contribution in [2.75, 3.05) is 0 Å².